The van der Waals surface area contributed by atoms with Crippen molar-refractivity contribution in [3.8, 4) is 0 Å². The van der Waals surface area contributed by atoms with Gasteiger partial charge in [0.1, 0.15) is 43.2 Å². The lowest BCUT2D eigenvalue weighted by atomic mass is 9.92. The summed E-state index contributed by atoms with van der Waals surface area (Å²) < 4.78 is 58.2. The van der Waals surface area contributed by atoms with Gasteiger partial charge in [0, 0.05) is 27.7 Å². The fraction of sp³-hybridized carbons (Fsp3) is 0.786. The van der Waals surface area contributed by atoms with E-state index in [9.17, 15) is 19.2 Å². The number of carbonyl (C=O) groups is 4. The van der Waals surface area contributed by atoms with Crippen molar-refractivity contribution in [2.24, 2.45) is 0 Å². The van der Waals surface area contributed by atoms with Crippen LogP contribution in [0.4, 0.5) is 0 Å². The summed E-state index contributed by atoms with van der Waals surface area (Å²) in [5, 5.41) is 0. The van der Waals surface area contributed by atoms with Gasteiger partial charge >= 0.3 is 23.9 Å². The molecular formula is C28H40O14. The highest BCUT2D eigenvalue weighted by Gasteiger charge is 2.60. The molecule has 0 radical (unpaired) electrons. The molecule has 4 heterocycles. The highest BCUT2D eigenvalue weighted by molar-refractivity contribution is 5.68. The van der Waals surface area contributed by atoms with E-state index in [-0.39, 0.29) is 13.0 Å². The zero-order chi connectivity index (χ0) is 31.0. The van der Waals surface area contributed by atoms with E-state index in [0.29, 0.717) is 0 Å². The first-order chi connectivity index (χ1) is 19.5. The molecule has 4 saturated heterocycles. The third-order valence-corrected chi connectivity index (χ3v) is 6.97. The number of hydrogen-bond donors (Lipinski definition) is 0. The zero-order valence-electron chi connectivity index (χ0n) is 25.1. The number of esters is 4. The molecule has 0 spiro atoms. The van der Waals surface area contributed by atoms with Gasteiger partial charge in [-0.15, -0.1) is 0 Å². The molecule has 0 amide bonds. The normalized spacial score (nSPS) is 38.3. The molecule has 14 nitrogen and oxygen atoms in total. The Bertz CT molecular complexity index is 1070. The van der Waals surface area contributed by atoms with E-state index in [1.807, 2.05) is 0 Å². The molecule has 4 rings (SSSR count). The van der Waals surface area contributed by atoms with Gasteiger partial charge in [-0.25, -0.2) is 0 Å². The number of fused-ring (bicyclic) bond motifs is 3. The Morgan fingerprint density at radius 1 is 0.643 bits per heavy atom. The maximum Gasteiger partial charge on any atom is 0.303 e. The van der Waals surface area contributed by atoms with Crippen molar-refractivity contribution in [1.29, 1.82) is 0 Å². The predicted molar refractivity (Wildman–Crippen MR) is 138 cm³/mol. The van der Waals surface area contributed by atoms with Crippen LogP contribution in [0.15, 0.2) is 12.2 Å². The third kappa shape index (κ3) is 7.66. The molecule has 14 heteroatoms. The molecule has 236 valence electrons. The van der Waals surface area contributed by atoms with Gasteiger partial charge in [-0.1, -0.05) is 12.2 Å². The molecular weight excluding hydrogens is 560 g/mol. The first kappa shape index (κ1) is 32.3. The fourth-order valence-electron chi connectivity index (χ4n) is 5.65. The van der Waals surface area contributed by atoms with E-state index in [4.69, 9.17) is 47.4 Å². The van der Waals surface area contributed by atoms with Gasteiger partial charge in [0.15, 0.2) is 36.2 Å². The van der Waals surface area contributed by atoms with Crippen molar-refractivity contribution in [1.82, 2.24) is 0 Å². The summed E-state index contributed by atoms with van der Waals surface area (Å²) in [4.78, 5) is 47.7. The topological polar surface area (TPSA) is 161 Å². The molecule has 0 unspecified atom stereocenters. The summed E-state index contributed by atoms with van der Waals surface area (Å²) in [6.07, 6.45) is -4.63. The zero-order valence-corrected chi connectivity index (χ0v) is 25.1. The van der Waals surface area contributed by atoms with Crippen LogP contribution in [0.1, 0.15) is 61.8 Å². The minimum absolute atomic E-state index is 0.136. The van der Waals surface area contributed by atoms with Crippen LogP contribution < -0.4 is 0 Å². The van der Waals surface area contributed by atoms with Crippen LogP contribution in [0, 0.1) is 0 Å². The highest BCUT2D eigenvalue weighted by Crippen LogP contribution is 2.44. The smallest absolute Gasteiger partial charge is 0.303 e. The van der Waals surface area contributed by atoms with Crippen molar-refractivity contribution < 1.29 is 66.5 Å². The Morgan fingerprint density at radius 3 is 1.76 bits per heavy atom. The van der Waals surface area contributed by atoms with Gasteiger partial charge in [0.2, 0.25) is 0 Å². The second-order valence-electron chi connectivity index (χ2n) is 11.5. The summed E-state index contributed by atoms with van der Waals surface area (Å²) in [6, 6.07) is 0. The summed E-state index contributed by atoms with van der Waals surface area (Å²) in [7, 11) is 0. The molecule has 4 fully saturated rings. The van der Waals surface area contributed by atoms with Crippen molar-refractivity contribution in [2.75, 3.05) is 6.61 Å². The molecule has 0 N–H and O–H groups in total. The lowest BCUT2D eigenvalue weighted by molar-refractivity contribution is -0.251. The monoisotopic (exact) mass is 600 g/mol. The lowest BCUT2D eigenvalue weighted by Gasteiger charge is -2.44. The van der Waals surface area contributed by atoms with Crippen LogP contribution in [0.5, 0.6) is 0 Å². The maximum absolute atomic E-state index is 12.1. The van der Waals surface area contributed by atoms with Crippen LogP contribution in [-0.2, 0) is 66.5 Å². The number of hydrogen-bond acceptors (Lipinski definition) is 14. The van der Waals surface area contributed by atoms with Crippen LogP contribution in [0.2, 0.25) is 0 Å². The second kappa shape index (κ2) is 12.5. The fourth-order valence-corrected chi connectivity index (χ4v) is 5.65. The van der Waals surface area contributed by atoms with Crippen LogP contribution >= 0.6 is 0 Å². The summed E-state index contributed by atoms with van der Waals surface area (Å²) in [5.41, 5.74) is 0. The second-order valence-corrected chi connectivity index (χ2v) is 11.5. The summed E-state index contributed by atoms with van der Waals surface area (Å²) >= 11 is 0. The van der Waals surface area contributed by atoms with Gasteiger partial charge in [-0.3, -0.25) is 19.2 Å². The minimum atomic E-state index is -1.24. The standard InChI is InChI=1S/C28H40O14/c1-13(29)33-12-19-21(35-15(3)31)23(36-16(4)32)20(34-14(2)30)17(37-19)10-9-11-18-22-24(40-27(5,6)39-22)25-26(38-18)42-28(7,8)41-25/h9,11,17-26H,10,12H2,1-8H3/b11-9+/t17-,18-,19-,20+,21+,22+,23-,24+,25-,26-/m1/s1. The van der Waals surface area contributed by atoms with E-state index >= 15 is 0 Å². The molecule has 0 bridgehead atoms. The Hall–Kier alpha value is -2.62. The average molecular weight is 601 g/mol. The van der Waals surface area contributed by atoms with E-state index in [0.717, 1.165) is 0 Å². The largest absolute Gasteiger partial charge is 0.463 e. The predicted octanol–water partition coefficient (Wildman–Crippen LogP) is 1.45. The third-order valence-electron chi connectivity index (χ3n) is 6.97. The molecule has 4 aliphatic heterocycles. The SMILES string of the molecule is CC(=O)OC[C@H]1O[C@H](C/C=C/[C@H]2O[C@@H]3OC(C)(C)O[C@@H]3[C@H]3OC(C)(C)O[C@H]32)[C@H](OC(C)=O)[C@@H](OC(C)=O)[C@H]1OC(C)=O. The van der Waals surface area contributed by atoms with Crippen molar-refractivity contribution in [3.05, 3.63) is 12.2 Å². The van der Waals surface area contributed by atoms with E-state index in [1.54, 1.807) is 39.8 Å². The maximum atomic E-state index is 12.1. The molecule has 4 aliphatic rings. The van der Waals surface area contributed by atoms with Crippen molar-refractivity contribution in [2.45, 2.75) is 135 Å². The Labute approximate surface area is 244 Å². The Balaban J connectivity index is 1.58. The summed E-state index contributed by atoms with van der Waals surface area (Å²) in [5.74, 6) is -4.40. The van der Waals surface area contributed by atoms with Gasteiger partial charge in [-0.05, 0) is 34.1 Å². The molecule has 0 saturated carbocycles. The average Bonchev–Trinajstić information content (AvgIpc) is 3.34. The Morgan fingerprint density at radius 2 is 1.17 bits per heavy atom. The highest BCUT2D eigenvalue weighted by atomic mass is 16.9. The number of carbonyl (C=O) groups excluding carboxylic acids is 4. The quantitative estimate of drug-likeness (QED) is 0.224. The molecule has 42 heavy (non-hydrogen) atoms. The number of rotatable bonds is 8. The summed E-state index contributed by atoms with van der Waals surface area (Å²) in [6.45, 7) is 11.6. The van der Waals surface area contributed by atoms with E-state index in [2.05, 4.69) is 0 Å². The van der Waals surface area contributed by atoms with Gasteiger partial charge in [-0.2, -0.15) is 0 Å². The molecule has 10 atom stereocenters. The first-order valence-electron chi connectivity index (χ1n) is 13.9. The molecule has 0 aliphatic carbocycles. The van der Waals surface area contributed by atoms with E-state index < -0.39 is 96.7 Å². The van der Waals surface area contributed by atoms with Gasteiger partial charge in [0.25, 0.3) is 0 Å². The number of ether oxygens (including phenoxy) is 10. The van der Waals surface area contributed by atoms with E-state index in [1.165, 1.54) is 27.7 Å². The molecule has 0 aromatic heterocycles. The molecule has 0 aromatic carbocycles. The Kier molecular flexibility index (Phi) is 9.65. The minimum Gasteiger partial charge on any atom is -0.463 e. The molecule has 0 aromatic rings. The van der Waals surface area contributed by atoms with Crippen molar-refractivity contribution in [3.63, 3.8) is 0 Å². The van der Waals surface area contributed by atoms with Crippen LogP contribution in [0.25, 0.3) is 0 Å². The van der Waals surface area contributed by atoms with Crippen LogP contribution in [0.3, 0.4) is 0 Å². The van der Waals surface area contributed by atoms with Gasteiger partial charge in [0.05, 0.1) is 0 Å². The van der Waals surface area contributed by atoms with Crippen LogP contribution in [-0.4, -0.2) is 103 Å². The van der Waals surface area contributed by atoms with Crippen molar-refractivity contribution >= 4 is 23.9 Å². The van der Waals surface area contributed by atoms with Gasteiger partial charge < -0.3 is 47.4 Å². The lowest BCUT2D eigenvalue weighted by Crippen LogP contribution is -2.62. The first-order valence-corrected chi connectivity index (χ1v) is 13.9.